The molecule has 0 aliphatic heterocycles. The summed E-state index contributed by atoms with van der Waals surface area (Å²) < 4.78 is 12.9. The van der Waals surface area contributed by atoms with Crippen LogP contribution in [0.2, 0.25) is 5.02 Å². The summed E-state index contributed by atoms with van der Waals surface area (Å²) >= 11 is 5.89. The second kappa shape index (κ2) is 6.35. The number of likely N-dealkylation sites (N-methyl/N-ethyl adjacent to an activating group) is 1. The van der Waals surface area contributed by atoms with Crippen molar-refractivity contribution in [2.45, 2.75) is 32.8 Å². The van der Waals surface area contributed by atoms with Gasteiger partial charge in [-0.15, -0.1) is 0 Å². The van der Waals surface area contributed by atoms with Gasteiger partial charge in [0.1, 0.15) is 5.82 Å². The highest BCUT2D eigenvalue weighted by Crippen LogP contribution is 2.19. The van der Waals surface area contributed by atoms with Crippen molar-refractivity contribution in [1.29, 1.82) is 0 Å². The van der Waals surface area contributed by atoms with Crippen LogP contribution in [0.15, 0.2) is 18.2 Å². The first-order valence-corrected chi connectivity index (χ1v) is 6.55. The van der Waals surface area contributed by atoms with Gasteiger partial charge in [0.05, 0.1) is 12.0 Å². The van der Waals surface area contributed by atoms with Gasteiger partial charge in [0, 0.05) is 18.1 Å². The Kier molecular flexibility index (Phi) is 5.32. The number of halogens is 2. The number of benzene rings is 1. The number of amides is 1. The van der Waals surface area contributed by atoms with Gasteiger partial charge in [-0.3, -0.25) is 4.79 Å². The van der Waals surface area contributed by atoms with Gasteiger partial charge in [0.2, 0.25) is 5.91 Å². The zero-order valence-corrected chi connectivity index (χ0v) is 12.2. The third-order valence-electron chi connectivity index (χ3n) is 2.67. The van der Waals surface area contributed by atoms with Crippen molar-refractivity contribution in [2.75, 3.05) is 13.1 Å². The van der Waals surface area contributed by atoms with E-state index in [1.807, 2.05) is 6.92 Å². The molecule has 5 heteroatoms. The Bertz CT molecular complexity index is 457. The monoisotopic (exact) mass is 287 g/mol. The summed E-state index contributed by atoms with van der Waals surface area (Å²) in [5, 5.41) is 10.00. The van der Waals surface area contributed by atoms with Gasteiger partial charge in [0.25, 0.3) is 0 Å². The molecule has 0 aliphatic rings. The van der Waals surface area contributed by atoms with E-state index in [1.165, 1.54) is 18.2 Å². The molecule has 1 N–H and O–H groups in total. The predicted molar refractivity (Wildman–Crippen MR) is 73.7 cm³/mol. The van der Waals surface area contributed by atoms with E-state index in [4.69, 9.17) is 11.6 Å². The summed E-state index contributed by atoms with van der Waals surface area (Å²) in [6, 6.07) is 3.98. The van der Waals surface area contributed by atoms with Gasteiger partial charge in [-0.1, -0.05) is 17.7 Å². The van der Waals surface area contributed by atoms with Crippen LogP contribution in [0.1, 0.15) is 26.3 Å². The molecule has 19 heavy (non-hydrogen) atoms. The summed E-state index contributed by atoms with van der Waals surface area (Å²) in [6.07, 6.45) is 0.100. The maximum atomic E-state index is 12.9. The summed E-state index contributed by atoms with van der Waals surface area (Å²) in [5.41, 5.74) is -0.361. The molecular weight excluding hydrogens is 269 g/mol. The minimum atomic E-state index is -0.946. The average molecular weight is 288 g/mol. The van der Waals surface area contributed by atoms with E-state index in [2.05, 4.69) is 0 Å². The van der Waals surface area contributed by atoms with Gasteiger partial charge in [-0.25, -0.2) is 4.39 Å². The van der Waals surface area contributed by atoms with Gasteiger partial charge < -0.3 is 10.0 Å². The van der Waals surface area contributed by atoms with Gasteiger partial charge in [-0.2, -0.15) is 0 Å². The second-order valence-corrected chi connectivity index (χ2v) is 5.54. The highest BCUT2D eigenvalue weighted by atomic mass is 35.5. The maximum absolute atomic E-state index is 12.9. The highest BCUT2D eigenvalue weighted by molar-refractivity contribution is 6.31. The zero-order valence-electron chi connectivity index (χ0n) is 11.4. The van der Waals surface area contributed by atoms with Crippen molar-refractivity contribution in [3.8, 4) is 0 Å². The van der Waals surface area contributed by atoms with E-state index in [9.17, 15) is 14.3 Å². The lowest BCUT2D eigenvalue weighted by Gasteiger charge is -2.28. The second-order valence-electron chi connectivity index (χ2n) is 5.13. The third kappa shape index (κ3) is 5.17. The molecule has 0 spiro atoms. The SMILES string of the molecule is CCN(CC(C)(C)O)C(=O)Cc1ccc(F)cc1Cl. The Balaban J connectivity index is 2.77. The number of rotatable bonds is 5. The quantitative estimate of drug-likeness (QED) is 0.904. The Morgan fingerprint density at radius 2 is 2.11 bits per heavy atom. The van der Waals surface area contributed by atoms with Crippen LogP contribution in [0.4, 0.5) is 4.39 Å². The predicted octanol–water partition coefficient (Wildman–Crippen LogP) is 2.64. The van der Waals surface area contributed by atoms with Crippen molar-refractivity contribution in [2.24, 2.45) is 0 Å². The lowest BCUT2D eigenvalue weighted by Crippen LogP contribution is -2.42. The van der Waals surface area contributed by atoms with Gasteiger partial charge >= 0.3 is 0 Å². The Hall–Kier alpha value is -1.13. The summed E-state index contributed by atoms with van der Waals surface area (Å²) in [5.74, 6) is -0.567. The molecule has 0 bridgehead atoms. The first-order valence-electron chi connectivity index (χ1n) is 6.17. The molecule has 0 aromatic heterocycles. The molecule has 0 saturated carbocycles. The molecule has 1 rings (SSSR count). The fraction of sp³-hybridized carbons (Fsp3) is 0.500. The van der Waals surface area contributed by atoms with Crippen LogP contribution in [-0.2, 0) is 11.2 Å². The van der Waals surface area contributed by atoms with E-state index >= 15 is 0 Å². The van der Waals surface area contributed by atoms with E-state index in [-0.39, 0.29) is 23.9 Å². The Morgan fingerprint density at radius 1 is 1.47 bits per heavy atom. The van der Waals surface area contributed by atoms with E-state index in [1.54, 1.807) is 18.7 Å². The number of nitrogens with zero attached hydrogens (tertiary/aromatic N) is 1. The topological polar surface area (TPSA) is 40.5 Å². The molecule has 106 valence electrons. The minimum absolute atomic E-state index is 0.100. The largest absolute Gasteiger partial charge is 0.389 e. The normalized spacial score (nSPS) is 11.5. The Labute approximate surface area is 118 Å². The smallest absolute Gasteiger partial charge is 0.227 e. The first kappa shape index (κ1) is 15.9. The standard InChI is InChI=1S/C14H19ClFNO2/c1-4-17(9-14(2,3)19)13(18)7-10-5-6-11(16)8-12(10)15/h5-6,8,19H,4,7,9H2,1-3H3. The lowest BCUT2D eigenvalue weighted by molar-refractivity contribution is -0.133. The number of aliphatic hydroxyl groups is 1. The first-order chi connectivity index (χ1) is 8.73. The summed E-state index contributed by atoms with van der Waals surface area (Å²) in [6.45, 7) is 5.89. The van der Waals surface area contributed by atoms with E-state index < -0.39 is 11.4 Å². The number of carbonyl (C=O) groups is 1. The molecule has 3 nitrogen and oxygen atoms in total. The highest BCUT2D eigenvalue weighted by Gasteiger charge is 2.21. The van der Waals surface area contributed by atoms with Crippen LogP contribution in [0, 0.1) is 5.82 Å². The van der Waals surface area contributed by atoms with Gasteiger partial charge in [0.15, 0.2) is 0 Å². The van der Waals surface area contributed by atoms with Crippen LogP contribution in [0.3, 0.4) is 0 Å². The molecule has 0 saturated heterocycles. The third-order valence-corrected chi connectivity index (χ3v) is 3.02. The van der Waals surface area contributed by atoms with E-state index in [0.29, 0.717) is 12.1 Å². The van der Waals surface area contributed by atoms with Crippen molar-refractivity contribution in [3.63, 3.8) is 0 Å². The Morgan fingerprint density at radius 3 is 2.58 bits per heavy atom. The molecule has 0 fully saturated rings. The van der Waals surface area contributed by atoms with Crippen LogP contribution in [-0.4, -0.2) is 34.6 Å². The van der Waals surface area contributed by atoms with Crippen molar-refractivity contribution in [1.82, 2.24) is 4.90 Å². The summed E-state index contributed by atoms with van der Waals surface area (Å²) in [4.78, 5) is 13.7. The summed E-state index contributed by atoms with van der Waals surface area (Å²) in [7, 11) is 0. The molecule has 0 atom stereocenters. The molecular formula is C14H19ClFNO2. The number of hydrogen-bond acceptors (Lipinski definition) is 2. The van der Waals surface area contributed by atoms with Gasteiger partial charge in [-0.05, 0) is 38.5 Å². The average Bonchev–Trinajstić information content (AvgIpc) is 2.28. The van der Waals surface area contributed by atoms with Crippen LogP contribution >= 0.6 is 11.6 Å². The number of hydrogen-bond donors (Lipinski definition) is 1. The maximum Gasteiger partial charge on any atom is 0.227 e. The van der Waals surface area contributed by atoms with Crippen molar-refractivity contribution in [3.05, 3.63) is 34.6 Å². The zero-order chi connectivity index (χ0) is 14.6. The minimum Gasteiger partial charge on any atom is -0.389 e. The van der Waals surface area contributed by atoms with Crippen LogP contribution in [0.25, 0.3) is 0 Å². The molecule has 0 heterocycles. The fourth-order valence-corrected chi connectivity index (χ4v) is 2.02. The molecule has 1 aromatic carbocycles. The molecule has 1 amide bonds. The molecule has 0 radical (unpaired) electrons. The molecule has 1 aromatic rings. The molecule has 0 unspecified atom stereocenters. The lowest BCUT2D eigenvalue weighted by atomic mass is 10.1. The van der Waals surface area contributed by atoms with Crippen LogP contribution < -0.4 is 0 Å². The van der Waals surface area contributed by atoms with Crippen LogP contribution in [0.5, 0.6) is 0 Å². The van der Waals surface area contributed by atoms with E-state index in [0.717, 1.165) is 0 Å². The van der Waals surface area contributed by atoms with Crippen molar-refractivity contribution < 1.29 is 14.3 Å². The molecule has 0 aliphatic carbocycles. The van der Waals surface area contributed by atoms with Crippen molar-refractivity contribution >= 4 is 17.5 Å². The number of carbonyl (C=O) groups excluding carboxylic acids is 1. The fourth-order valence-electron chi connectivity index (χ4n) is 1.78.